The van der Waals surface area contributed by atoms with E-state index in [1.54, 1.807) is 18.2 Å². The number of nitrogen functional groups attached to an aromatic ring is 1. The molecule has 7 nitrogen and oxygen atoms in total. The van der Waals surface area contributed by atoms with Crippen LogP contribution in [0.5, 0.6) is 11.5 Å². The van der Waals surface area contributed by atoms with Crippen molar-refractivity contribution in [1.82, 2.24) is 9.97 Å². The van der Waals surface area contributed by atoms with Gasteiger partial charge >= 0.3 is 0 Å². The van der Waals surface area contributed by atoms with Crippen LogP contribution < -0.4 is 15.2 Å². The first-order valence-electron chi connectivity index (χ1n) is 9.28. The van der Waals surface area contributed by atoms with Crippen molar-refractivity contribution in [3.8, 4) is 23.8 Å². The summed E-state index contributed by atoms with van der Waals surface area (Å²) in [5, 5.41) is 0. The van der Waals surface area contributed by atoms with E-state index in [0.29, 0.717) is 49.4 Å². The van der Waals surface area contributed by atoms with Crippen molar-refractivity contribution in [2.75, 3.05) is 32.2 Å². The van der Waals surface area contributed by atoms with E-state index in [-0.39, 0.29) is 6.10 Å². The minimum absolute atomic E-state index is 0.294. The van der Waals surface area contributed by atoms with Gasteiger partial charge in [-0.05, 0) is 29.8 Å². The summed E-state index contributed by atoms with van der Waals surface area (Å²) in [6, 6.07) is 12.8. The number of fused-ring (bicyclic) bond motifs is 7. The predicted octanol–water partition coefficient (Wildman–Crippen LogP) is 2.76. The number of nitrogens with zero attached hydrogens (tertiary/aromatic N) is 2. The third-order valence-corrected chi connectivity index (χ3v) is 4.57. The second-order valence-corrected chi connectivity index (χ2v) is 6.55. The zero-order chi connectivity index (χ0) is 20.1. The highest BCUT2D eigenvalue weighted by atomic mass is 16.6. The van der Waals surface area contributed by atoms with Crippen LogP contribution in [0.25, 0.3) is 0 Å². The van der Waals surface area contributed by atoms with Crippen molar-refractivity contribution < 1.29 is 18.9 Å². The zero-order valence-corrected chi connectivity index (χ0v) is 15.8. The Morgan fingerprint density at radius 1 is 1.00 bits per heavy atom. The van der Waals surface area contributed by atoms with Gasteiger partial charge in [-0.3, -0.25) is 0 Å². The summed E-state index contributed by atoms with van der Waals surface area (Å²) in [5.74, 6) is 3.98. The molecule has 5 rings (SSSR count). The Hall–Kier alpha value is -3.34. The van der Waals surface area contributed by atoms with Crippen LogP contribution in [0.2, 0.25) is 0 Å². The Morgan fingerprint density at radius 3 is 2.83 bits per heavy atom. The van der Waals surface area contributed by atoms with Gasteiger partial charge in [-0.2, -0.15) is 0 Å². The molecular formula is C22H21N3O4. The van der Waals surface area contributed by atoms with Crippen LogP contribution in [0.3, 0.4) is 0 Å². The molecule has 0 radical (unpaired) electrons. The van der Waals surface area contributed by atoms with Crippen LogP contribution in [0.4, 0.5) is 5.82 Å². The molecule has 3 aliphatic heterocycles. The van der Waals surface area contributed by atoms with Gasteiger partial charge in [0.25, 0.3) is 0 Å². The Morgan fingerprint density at radius 2 is 1.93 bits per heavy atom. The van der Waals surface area contributed by atoms with Gasteiger partial charge in [-0.15, -0.1) is 6.42 Å². The summed E-state index contributed by atoms with van der Waals surface area (Å²) >= 11 is 0. The Bertz CT molecular complexity index is 988. The molecule has 0 aliphatic carbocycles. The number of aromatic nitrogens is 2. The van der Waals surface area contributed by atoms with E-state index in [0.717, 1.165) is 11.1 Å². The number of rotatable bonds is 1. The maximum absolute atomic E-state index is 6.33. The SMILES string of the molecule is C#Cc1cccc(C2COCCOC3COc4cc3ncnc(N)ccc4O2)c1. The summed E-state index contributed by atoms with van der Waals surface area (Å²) in [6.45, 7) is 1.45. The first-order chi connectivity index (χ1) is 14.2. The molecule has 0 fully saturated rings. The lowest BCUT2D eigenvalue weighted by Crippen LogP contribution is -2.23. The van der Waals surface area contributed by atoms with Gasteiger partial charge in [0.2, 0.25) is 0 Å². The Balaban J connectivity index is 1.83. The fourth-order valence-electron chi connectivity index (χ4n) is 3.08. The summed E-state index contributed by atoms with van der Waals surface area (Å²) < 4.78 is 23.9. The van der Waals surface area contributed by atoms with Crippen molar-refractivity contribution >= 4 is 5.82 Å². The van der Waals surface area contributed by atoms with Crippen LogP contribution >= 0.6 is 0 Å². The quantitative estimate of drug-likeness (QED) is 0.591. The third-order valence-electron chi connectivity index (χ3n) is 4.57. The van der Waals surface area contributed by atoms with Crippen LogP contribution in [0.1, 0.15) is 29.0 Å². The van der Waals surface area contributed by atoms with Gasteiger partial charge in [-0.25, -0.2) is 9.97 Å². The summed E-state index contributed by atoms with van der Waals surface area (Å²) in [4.78, 5) is 8.49. The molecule has 2 atom stereocenters. The fraction of sp³-hybridized carbons (Fsp3) is 0.273. The van der Waals surface area contributed by atoms with E-state index >= 15 is 0 Å². The maximum Gasteiger partial charge on any atom is 0.163 e. The summed E-state index contributed by atoms with van der Waals surface area (Å²) in [5.41, 5.74) is 8.26. The lowest BCUT2D eigenvalue weighted by atomic mass is 10.1. The summed E-state index contributed by atoms with van der Waals surface area (Å²) in [6.07, 6.45) is 6.24. The fourth-order valence-corrected chi connectivity index (χ4v) is 3.08. The molecular weight excluding hydrogens is 370 g/mol. The monoisotopic (exact) mass is 391 g/mol. The molecule has 0 amide bonds. The van der Waals surface area contributed by atoms with Crippen molar-refractivity contribution in [2.24, 2.45) is 0 Å². The first-order valence-corrected chi connectivity index (χ1v) is 9.28. The number of terminal acetylenes is 1. The Kier molecular flexibility index (Phi) is 5.75. The van der Waals surface area contributed by atoms with Crippen LogP contribution in [-0.4, -0.2) is 36.4 Å². The van der Waals surface area contributed by atoms with Gasteiger partial charge in [0.1, 0.15) is 31.0 Å². The molecule has 29 heavy (non-hydrogen) atoms. The lowest BCUT2D eigenvalue weighted by molar-refractivity contribution is -0.0396. The molecule has 7 heteroatoms. The lowest BCUT2D eigenvalue weighted by Gasteiger charge is -2.26. The van der Waals surface area contributed by atoms with Gasteiger partial charge in [0.05, 0.1) is 25.5 Å². The van der Waals surface area contributed by atoms with E-state index < -0.39 is 6.10 Å². The maximum atomic E-state index is 6.33. The second kappa shape index (κ2) is 8.78. The highest BCUT2D eigenvalue weighted by Gasteiger charge is 2.24. The number of nitrogens with two attached hydrogens (primary N) is 1. The van der Waals surface area contributed by atoms with Crippen molar-refractivity contribution in [3.05, 3.63) is 65.6 Å². The molecule has 148 valence electrons. The molecule has 0 spiro atoms. The molecule has 4 heterocycles. The van der Waals surface area contributed by atoms with E-state index in [2.05, 4.69) is 15.9 Å². The number of benzene rings is 1. The van der Waals surface area contributed by atoms with E-state index in [1.165, 1.54) is 6.33 Å². The zero-order valence-electron chi connectivity index (χ0n) is 15.8. The highest BCUT2D eigenvalue weighted by Crippen LogP contribution is 2.35. The van der Waals surface area contributed by atoms with Gasteiger partial charge in [0.15, 0.2) is 11.5 Å². The van der Waals surface area contributed by atoms with Gasteiger partial charge in [-0.1, -0.05) is 18.1 Å². The molecule has 2 aromatic rings. The van der Waals surface area contributed by atoms with Gasteiger partial charge in [0, 0.05) is 11.6 Å². The number of hydrogen-bond acceptors (Lipinski definition) is 7. The van der Waals surface area contributed by atoms with Crippen LogP contribution in [0, 0.1) is 12.3 Å². The van der Waals surface area contributed by atoms with Crippen molar-refractivity contribution in [1.29, 1.82) is 0 Å². The molecule has 0 saturated heterocycles. The predicted molar refractivity (Wildman–Crippen MR) is 107 cm³/mol. The average Bonchev–Trinajstić information content (AvgIpc) is 2.74. The molecule has 2 unspecified atom stereocenters. The topological polar surface area (TPSA) is 88.7 Å². The summed E-state index contributed by atoms with van der Waals surface area (Å²) in [7, 11) is 0. The van der Waals surface area contributed by atoms with Gasteiger partial charge < -0.3 is 24.7 Å². The number of ether oxygens (including phenoxy) is 4. The molecule has 1 aromatic carbocycles. The molecule has 4 bridgehead atoms. The van der Waals surface area contributed by atoms with Crippen LogP contribution in [0.15, 0.2) is 48.8 Å². The van der Waals surface area contributed by atoms with E-state index in [4.69, 9.17) is 31.1 Å². The second-order valence-electron chi connectivity index (χ2n) is 6.55. The normalized spacial score (nSPS) is 20.2. The minimum Gasteiger partial charge on any atom is -0.486 e. The molecule has 2 N–H and O–H groups in total. The highest BCUT2D eigenvalue weighted by molar-refractivity contribution is 5.43. The Labute approximate surface area is 169 Å². The smallest absolute Gasteiger partial charge is 0.163 e. The van der Waals surface area contributed by atoms with E-state index in [9.17, 15) is 0 Å². The largest absolute Gasteiger partial charge is 0.486 e. The average molecular weight is 391 g/mol. The standard InChI is InChI=1S/C22H21N3O4/c1-2-15-4-3-5-16(10-15)20-12-26-8-9-27-21-13-28-19-11-17(21)24-14-25-22(23)7-6-18(19)29-20/h1,3-7,10-11,14,20-21H,8-9,12-13H2,(H2,23,24,25). The van der Waals surface area contributed by atoms with E-state index in [1.807, 2.05) is 24.3 Å². The molecule has 1 aromatic heterocycles. The van der Waals surface area contributed by atoms with Crippen LogP contribution in [-0.2, 0) is 9.47 Å². The number of hydrogen-bond donors (Lipinski definition) is 1. The minimum atomic E-state index is -0.405. The van der Waals surface area contributed by atoms with Crippen molar-refractivity contribution in [2.45, 2.75) is 12.2 Å². The molecule has 0 saturated carbocycles. The first kappa shape index (κ1) is 19.0. The van der Waals surface area contributed by atoms with Crippen molar-refractivity contribution in [3.63, 3.8) is 0 Å². The number of anilines is 1. The molecule has 3 aliphatic rings. The third kappa shape index (κ3) is 4.57.